The van der Waals surface area contributed by atoms with Crippen LogP contribution in [-0.4, -0.2) is 65.8 Å². The number of nitrogens with zero attached hydrogens (tertiary/aromatic N) is 2. The van der Waals surface area contributed by atoms with Gasteiger partial charge in [-0.1, -0.05) is 23.7 Å². The number of β-amino-alcohol motifs (C(OH)–C–C–N with tert-alkyl or cyclic N) is 1. The zero-order chi connectivity index (χ0) is 25.5. The monoisotopic (exact) mass is 514 g/mol. The second-order valence-electron chi connectivity index (χ2n) is 10.4. The molecule has 0 aromatic heterocycles. The highest BCUT2D eigenvalue weighted by Gasteiger charge is 2.34. The second kappa shape index (κ2) is 12.3. The summed E-state index contributed by atoms with van der Waals surface area (Å²) in [4.78, 5) is 16.1. The highest BCUT2D eigenvalue weighted by Crippen LogP contribution is 2.28. The van der Waals surface area contributed by atoms with Crippen molar-refractivity contribution in [1.29, 1.82) is 0 Å². The maximum Gasteiger partial charge on any atom is 0.222 e. The zero-order valence-electron chi connectivity index (χ0n) is 21.6. The molecule has 2 aliphatic rings. The molecule has 2 fully saturated rings. The number of hydrogen-bond donors (Lipinski definition) is 1. The minimum atomic E-state index is -0.877. The van der Waals surface area contributed by atoms with E-state index >= 15 is 0 Å². The van der Waals surface area contributed by atoms with Crippen molar-refractivity contribution in [2.75, 3.05) is 39.4 Å². The maximum atomic E-state index is 11.9. The molecule has 1 unspecified atom stereocenters. The van der Waals surface area contributed by atoms with Crippen LogP contribution in [0.1, 0.15) is 55.2 Å². The van der Waals surface area contributed by atoms with Gasteiger partial charge < -0.3 is 19.5 Å². The van der Waals surface area contributed by atoms with Crippen molar-refractivity contribution in [3.8, 4) is 11.5 Å². The predicted molar refractivity (Wildman–Crippen MR) is 143 cm³/mol. The van der Waals surface area contributed by atoms with Gasteiger partial charge in [-0.15, -0.1) is 0 Å². The Balaban J connectivity index is 1.21. The molecule has 2 aromatic carbocycles. The normalized spacial score (nSPS) is 21.0. The fraction of sp³-hybridized carbons (Fsp3) is 0.552. The number of benzene rings is 2. The van der Waals surface area contributed by atoms with Gasteiger partial charge in [0, 0.05) is 37.6 Å². The number of halogens is 1. The molecule has 1 atom stereocenters. The molecule has 0 radical (unpaired) electrons. The topological polar surface area (TPSA) is 62.2 Å². The molecule has 2 aliphatic heterocycles. The Kier molecular flexibility index (Phi) is 9.15. The van der Waals surface area contributed by atoms with Crippen LogP contribution in [0.25, 0.3) is 0 Å². The van der Waals surface area contributed by atoms with E-state index in [4.69, 9.17) is 21.1 Å². The molecule has 1 amide bonds. The highest BCUT2D eigenvalue weighted by atomic mass is 35.5. The van der Waals surface area contributed by atoms with E-state index in [1.807, 2.05) is 43.0 Å². The molecular formula is C29H39ClN2O4. The molecule has 2 saturated heterocycles. The second-order valence-corrected chi connectivity index (χ2v) is 10.8. The number of carbonyl (C=O) groups excluding carboxylic acids is 1. The Labute approximate surface area is 220 Å². The van der Waals surface area contributed by atoms with Crippen molar-refractivity contribution in [2.45, 2.75) is 64.5 Å². The fourth-order valence-electron chi connectivity index (χ4n) is 5.16. The Morgan fingerprint density at radius 1 is 1.00 bits per heavy atom. The van der Waals surface area contributed by atoms with E-state index in [2.05, 4.69) is 17.0 Å². The van der Waals surface area contributed by atoms with Crippen molar-refractivity contribution in [3.05, 3.63) is 58.1 Å². The summed E-state index contributed by atoms with van der Waals surface area (Å²) in [5.41, 5.74) is 2.27. The van der Waals surface area contributed by atoms with Crippen LogP contribution in [0, 0.1) is 13.8 Å². The summed E-state index contributed by atoms with van der Waals surface area (Å²) >= 11 is 6.27. The number of rotatable bonds is 10. The number of likely N-dealkylation sites (tertiary alicyclic amines) is 2. The van der Waals surface area contributed by atoms with E-state index < -0.39 is 5.60 Å². The van der Waals surface area contributed by atoms with Gasteiger partial charge >= 0.3 is 0 Å². The quantitative estimate of drug-likeness (QED) is 0.444. The molecule has 0 saturated carbocycles. The van der Waals surface area contributed by atoms with Crippen LogP contribution < -0.4 is 9.47 Å². The summed E-state index contributed by atoms with van der Waals surface area (Å²) < 4.78 is 11.9. The molecule has 4 rings (SSSR count). The number of ether oxygens (including phenoxy) is 2. The Morgan fingerprint density at radius 2 is 1.75 bits per heavy atom. The van der Waals surface area contributed by atoms with Crippen molar-refractivity contribution in [2.24, 2.45) is 0 Å². The summed E-state index contributed by atoms with van der Waals surface area (Å²) in [5.74, 6) is 1.87. The van der Waals surface area contributed by atoms with Gasteiger partial charge in [-0.3, -0.25) is 9.69 Å². The third kappa shape index (κ3) is 7.37. The largest absolute Gasteiger partial charge is 0.494 e. The Morgan fingerprint density at radius 3 is 2.47 bits per heavy atom. The lowest BCUT2D eigenvalue weighted by Gasteiger charge is -2.39. The van der Waals surface area contributed by atoms with Crippen LogP contribution in [0.5, 0.6) is 11.5 Å². The predicted octanol–water partition coefficient (Wildman–Crippen LogP) is 5.14. The summed E-state index contributed by atoms with van der Waals surface area (Å²) in [7, 11) is 0. The average molecular weight is 515 g/mol. The van der Waals surface area contributed by atoms with E-state index in [-0.39, 0.29) is 12.5 Å². The van der Waals surface area contributed by atoms with E-state index in [0.717, 1.165) is 85.9 Å². The van der Waals surface area contributed by atoms with Crippen molar-refractivity contribution in [1.82, 2.24) is 9.80 Å². The molecular weight excluding hydrogens is 476 g/mol. The molecule has 6 nitrogen and oxygen atoms in total. The van der Waals surface area contributed by atoms with Crippen LogP contribution in [0.2, 0.25) is 5.02 Å². The van der Waals surface area contributed by atoms with Gasteiger partial charge in [0.15, 0.2) is 0 Å². The van der Waals surface area contributed by atoms with Gasteiger partial charge in [-0.25, -0.2) is 0 Å². The molecule has 196 valence electrons. The molecule has 1 N–H and O–H groups in total. The standard InChI is InChI=1S/C29H39ClN2O4/c1-22-17-26(18-23(2)28(22)30)36-21-29(34)12-5-13-31(20-29)19-24-8-10-25(11-9-24)35-16-6-15-32-14-4-3-7-27(32)33/h8-11,17-18,34H,3-7,12-16,19-21H2,1-2H3. The van der Waals surface area contributed by atoms with E-state index in [0.29, 0.717) is 19.6 Å². The van der Waals surface area contributed by atoms with Gasteiger partial charge in [-0.2, -0.15) is 0 Å². The van der Waals surface area contributed by atoms with Gasteiger partial charge in [0.05, 0.1) is 6.61 Å². The van der Waals surface area contributed by atoms with E-state index in [9.17, 15) is 9.90 Å². The van der Waals surface area contributed by atoms with Gasteiger partial charge in [0.2, 0.25) is 5.91 Å². The Hall–Kier alpha value is -2.28. The van der Waals surface area contributed by atoms with E-state index in [1.165, 1.54) is 5.56 Å². The number of amides is 1. The van der Waals surface area contributed by atoms with Gasteiger partial charge in [-0.05, 0) is 93.5 Å². The van der Waals surface area contributed by atoms with Crippen molar-refractivity contribution >= 4 is 17.5 Å². The first-order chi connectivity index (χ1) is 17.3. The first-order valence-electron chi connectivity index (χ1n) is 13.2. The Bertz CT molecular complexity index is 1010. The summed E-state index contributed by atoms with van der Waals surface area (Å²) in [6, 6.07) is 12.0. The number of piperidine rings is 2. The lowest BCUT2D eigenvalue weighted by Crippen LogP contribution is -2.51. The highest BCUT2D eigenvalue weighted by molar-refractivity contribution is 6.32. The number of hydrogen-bond acceptors (Lipinski definition) is 5. The third-order valence-corrected chi connectivity index (χ3v) is 7.74. The van der Waals surface area contributed by atoms with Crippen LogP contribution in [0.15, 0.2) is 36.4 Å². The van der Waals surface area contributed by atoms with Crippen LogP contribution in [-0.2, 0) is 11.3 Å². The van der Waals surface area contributed by atoms with Crippen molar-refractivity contribution < 1.29 is 19.4 Å². The summed E-state index contributed by atoms with van der Waals surface area (Å²) in [6.07, 6.45) is 5.31. The smallest absolute Gasteiger partial charge is 0.222 e. The van der Waals surface area contributed by atoms with Crippen LogP contribution >= 0.6 is 11.6 Å². The zero-order valence-corrected chi connectivity index (χ0v) is 22.4. The SMILES string of the molecule is Cc1cc(OCC2(O)CCCN(Cc3ccc(OCCCN4CCCCC4=O)cc3)C2)cc(C)c1Cl. The summed E-state index contributed by atoms with van der Waals surface area (Å²) in [6.45, 7) is 8.76. The fourth-order valence-corrected chi connectivity index (χ4v) is 5.27. The van der Waals surface area contributed by atoms with Crippen molar-refractivity contribution in [3.63, 3.8) is 0 Å². The molecule has 36 heavy (non-hydrogen) atoms. The molecule has 0 bridgehead atoms. The number of aryl methyl sites for hydroxylation is 2. The molecule has 0 spiro atoms. The molecule has 0 aliphatic carbocycles. The minimum absolute atomic E-state index is 0.264. The minimum Gasteiger partial charge on any atom is -0.494 e. The maximum absolute atomic E-state index is 11.9. The molecule has 2 aromatic rings. The van der Waals surface area contributed by atoms with E-state index in [1.54, 1.807) is 0 Å². The van der Waals surface area contributed by atoms with Crippen LogP contribution in [0.3, 0.4) is 0 Å². The van der Waals surface area contributed by atoms with Gasteiger partial charge in [0.1, 0.15) is 23.7 Å². The lowest BCUT2D eigenvalue weighted by atomic mass is 9.93. The molecule has 2 heterocycles. The van der Waals surface area contributed by atoms with Crippen LogP contribution in [0.4, 0.5) is 0 Å². The third-order valence-electron chi connectivity index (χ3n) is 7.14. The van der Waals surface area contributed by atoms with Gasteiger partial charge in [0.25, 0.3) is 0 Å². The molecule has 7 heteroatoms. The summed E-state index contributed by atoms with van der Waals surface area (Å²) in [5, 5.41) is 12.0. The number of carbonyl (C=O) groups is 1. The first-order valence-corrected chi connectivity index (χ1v) is 13.5. The lowest BCUT2D eigenvalue weighted by molar-refractivity contribution is -0.133. The number of aliphatic hydroxyl groups is 1. The average Bonchev–Trinajstić information content (AvgIpc) is 2.86. The first kappa shape index (κ1) is 26.8.